The molecule has 166 valence electrons. The van der Waals surface area contributed by atoms with Gasteiger partial charge in [-0.1, -0.05) is 18.2 Å². The Morgan fingerprint density at radius 2 is 1.77 bits per heavy atom. The van der Waals surface area contributed by atoms with Crippen LogP contribution in [-0.4, -0.2) is 84.7 Å². The number of carbonyl (C=O) groups excluding carboxylic acids is 1. The number of benzene rings is 1. The molecule has 2 fully saturated rings. The van der Waals surface area contributed by atoms with Crippen molar-refractivity contribution in [3.8, 4) is 0 Å². The van der Waals surface area contributed by atoms with E-state index in [2.05, 4.69) is 20.1 Å². The van der Waals surface area contributed by atoms with E-state index in [0.29, 0.717) is 32.8 Å². The molecule has 3 heterocycles. The summed E-state index contributed by atoms with van der Waals surface area (Å²) in [5, 5.41) is 3.11. The molecule has 1 N–H and O–H groups in total. The maximum atomic E-state index is 13.4. The van der Waals surface area contributed by atoms with Crippen LogP contribution in [0.15, 0.2) is 48.7 Å². The zero-order valence-corrected chi connectivity index (χ0v) is 17.8. The van der Waals surface area contributed by atoms with Gasteiger partial charge in [0.2, 0.25) is 0 Å². The summed E-state index contributed by atoms with van der Waals surface area (Å²) in [6, 6.07) is 12.5. The second-order valence-corrected chi connectivity index (χ2v) is 7.99. The Bertz CT molecular complexity index is 822. The van der Waals surface area contributed by atoms with Crippen molar-refractivity contribution >= 4 is 6.03 Å². The Morgan fingerprint density at radius 3 is 2.45 bits per heavy atom. The Balaban J connectivity index is 1.30. The maximum absolute atomic E-state index is 13.4. The average molecular weight is 428 g/mol. The third-order valence-corrected chi connectivity index (χ3v) is 5.96. The van der Waals surface area contributed by atoms with Gasteiger partial charge in [0.05, 0.1) is 24.9 Å². The Morgan fingerprint density at radius 1 is 1.03 bits per heavy atom. The molecule has 2 amide bonds. The fourth-order valence-electron chi connectivity index (χ4n) is 4.16. The van der Waals surface area contributed by atoms with E-state index in [-0.39, 0.29) is 17.9 Å². The summed E-state index contributed by atoms with van der Waals surface area (Å²) in [6.45, 7) is 7.26. The van der Waals surface area contributed by atoms with Gasteiger partial charge in [-0.25, -0.2) is 9.18 Å². The van der Waals surface area contributed by atoms with Crippen LogP contribution in [0.4, 0.5) is 9.18 Å². The van der Waals surface area contributed by atoms with Gasteiger partial charge in [0.15, 0.2) is 0 Å². The predicted molar refractivity (Wildman–Crippen MR) is 116 cm³/mol. The molecule has 2 aliphatic rings. The molecule has 0 aliphatic carbocycles. The molecule has 8 heteroatoms. The van der Waals surface area contributed by atoms with Crippen LogP contribution < -0.4 is 5.32 Å². The van der Waals surface area contributed by atoms with Crippen LogP contribution in [0.5, 0.6) is 0 Å². The van der Waals surface area contributed by atoms with E-state index < -0.39 is 0 Å². The number of ether oxygens (including phenoxy) is 1. The number of hydrogen-bond acceptors (Lipinski definition) is 5. The molecule has 0 spiro atoms. The van der Waals surface area contributed by atoms with Crippen molar-refractivity contribution in [2.24, 2.45) is 0 Å². The first-order valence-corrected chi connectivity index (χ1v) is 10.9. The molecule has 2 aromatic rings. The van der Waals surface area contributed by atoms with Gasteiger partial charge in [-0.3, -0.25) is 14.8 Å². The molecule has 1 aromatic heterocycles. The zero-order chi connectivity index (χ0) is 21.5. The van der Waals surface area contributed by atoms with Crippen molar-refractivity contribution in [2.45, 2.75) is 12.6 Å². The molecule has 1 unspecified atom stereocenters. The lowest BCUT2D eigenvalue weighted by Crippen LogP contribution is -2.53. The van der Waals surface area contributed by atoms with E-state index in [4.69, 9.17) is 4.74 Å². The quantitative estimate of drug-likeness (QED) is 0.765. The summed E-state index contributed by atoms with van der Waals surface area (Å²) in [7, 11) is 0. The molecule has 31 heavy (non-hydrogen) atoms. The van der Waals surface area contributed by atoms with E-state index in [9.17, 15) is 9.18 Å². The van der Waals surface area contributed by atoms with E-state index in [1.807, 2.05) is 29.3 Å². The number of pyridine rings is 1. The zero-order valence-electron chi connectivity index (χ0n) is 17.8. The Kier molecular flexibility index (Phi) is 7.45. The lowest BCUT2D eigenvalue weighted by Gasteiger charge is -2.37. The Hall–Kier alpha value is -2.55. The minimum Gasteiger partial charge on any atom is -0.379 e. The van der Waals surface area contributed by atoms with Crippen LogP contribution in [0.1, 0.15) is 17.3 Å². The van der Waals surface area contributed by atoms with Gasteiger partial charge in [-0.15, -0.1) is 0 Å². The van der Waals surface area contributed by atoms with Gasteiger partial charge in [0, 0.05) is 58.6 Å². The molecular weight excluding hydrogens is 397 g/mol. The highest BCUT2D eigenvalue weighted by Crippen LogP contribution is 2.22. The van der Waals surface area contributed by atoms with Crippen molar-refractivity contribution in [2.75, 3.05) is 59.0 Å². The fraction of sp³-hybridized carbons (Fsp3) is 0.478. The highest BCUT2D eigenvalue weighted by molar-refractivity contribution is 5.74. The summed E-state index contributed by atoms with van der Waals surface area (Å²) < 4.78 is 18.9. The minimum atomic E-state index is -0.253. The monoisotopic (exact) mass is 427 g/mol. The molecule has 0 radical (unpaired) electrons. The highest BCUT2D eigenvalue weighted by atomic mass is 19.1. The van der Waals surface area contributed by atoms with Crippen molar-refractivity contribution in [3.05, 3.63) is 65.7 Å². The van der Waals surface area contributed by atoms with Crippen molar-refractivity contribution < 1.29 is 13.9 Å². The van der Waals surface area contributed by atoms with Gasteiger partial charge >= 0.3 is 6.03 Å². The van der Waals surface area contributed by atoms with Crippen LogP contribution in [-0.2, 0) is 11.3 Å². The smallest absolute Gasteiger partial charge is 0.317 e. The van der Waals surface area contributed by atoms with Crippen LogP contribution in [0, 0.1) is 5.82 Å². The summed E-state index contributed by atoms with van der Waals surface area (Å²) in [5.74, 6) is -0.253. The lowest BCUT2D eigenvalue weighted by atomic mass is 10.0. The topological polar surface area (TPSA) is 60.9 Å². The van der Waals surface area contributed by atoms with E-state index in [1.165, 1.54) is 12.1 Å². The van der Waals surface area contributed by atoms with E-state index >= 15 is 0 Å². The van der Waals surface area contributed by atoms with Gasteiger partial charge in [0.1, 0.15) is 5.82 Å². The van der Waals surface area contributed by atoms with Crippen molar-refractivity contribution in [1.82, 2.24) is 25.0 Å². The van der Waals surface area contributed by atoms with Crippen LogP contribution >= 0.6 is 0 Å². The standard InChI is InChI=1S/C23H30FN5O2/c24-20-6-4-19(5-7-20)22(28-13-15-31-16-14-28)17-26-23(30)29-11-9-27(10-12-29)18-21-3-1-2-8-25-21/h1-8,22H,9-18H2,(H,26,30). The number of carbonyl (C=O) groups is 1. The minimum absolute atomic E-state index is 0.00102. The normalized spacial score (nSPS) is 19.2. The van der Waals surface area contributed by atoms with Gasteiger partial charge in [-0.2, -0.15) is 0 Å². The third-order valence-electron chi connectivity index (χ3n) is 5.96. The summed E-state index contributed by atoms with van der Waals surface area (Å²) in [6.07, 6.45) is 1.81. The summed E-state index contributed by atoms with van der Waals surface area (Å²) in [5.41, 5.74) is 2.05. The lowest BCUT2D eigenvalue weighted by molar-refractivity contribution is 0.0163. The number of nitrogens with one attached hydrogen (secondary N) is 1. The number of piperazine rings is 1. The molecule has 7 nitrogen and oxygen atoms in total. The van der Waals surface area contributed by atoms with Crippen molar-refractivity contribution in [3.63, 3.8) is 0 Å². The molecule has 0 saturated carbocycles. The molecule has 2 saturated heterocycles. The first-order valence-electron chi connectivity index (χ1n) is 10.9. The van der Waals surface area contributed by atoms with Crippen LogP contribution in [0.2, 0.25) is 0 Å². The molecule has 0 bridgehead atoms. The van der Waals surface area contributed by atoms with Gasteiger partial charge < -0.3 is 15.0 Å². The number of amides is 2. The molecular formula is C23H30FN5O2. The van der Waals surface area contributed by atoms with Crippen molar-refractivity contribution in [1.29, 1.82) is 0 Å². The number of morpholine rings is 1. The predicted octanol–water partition coefficient (Wildman–Crippen LogP) is 2.12. The fourth-order valence-corrected chi connectivity index (χ4v) is 4.16. The number of halogens is 1. The second kappa shape index (κ2) is 10.7. The van der Waals surface area contributed by atoms with Crippen LogP contribution in [0.25, 0.3) is 0 Å². The van der Waals surface area contributed by atoms with E-state index in [1.54, 1.807) is 12.1 Å². The summed E-state index contributed by atoms with van der Waals surface area (Å²) in [4.78, 5) is 23.7. The van der Waals surface area contributed by atoms with Crippen LogP contribution in [0.3, 0.4) is 0 Å². The maximum Gasteiger partial charge on any atom is 0.317 e. The first-order chi connectivity index (χ1) is 15.2. The first kappa shape index (κ1) is 21.7. The van der Waals surface area contributed by atoms with Gasteiger partial charge in [-0.05, 0) is 29.8 Å². The SMILES string of the molecule is O=C(NCC(c1ccc(F)cc1)N1CCOCC1)N1CCN(Cc2ccccn2)CC1. The largest absolute Gasteiger partial charge is 0.379 e. The van der Waals surface area contributed by atoms with Gasteiger partial charge in [0.25, 0.3) is 0 Å². The molecule has 4 rings (SSSR count). The number of urea groups is 1. The third kappa shape index (κ3) is 6.00. The molecule has 2 aliphatic heterocycles. The number of hydrogen-bond donors (Lipinski definition) is 1. The number of aromatic nitrogens is 1. The number of rotatable bonds is 6. The summed E-state index contributed by atoms with van der Waals surface area (Å²) >= 11 is 0. The average Bonchev–Trinajstić information content (AvgIpc) is 2.82. The number of nitrogens with zero attached hydrogens (tertiary/aromatic N) is 4. The Labute approximate surface area is 182 Å². The second-order valence-electron chi connectivity index (χ2n) is 7.99. The molecule has 1 atom stereocenters. The molecule has 1 aromatic carbocycles. The van der Waals surface area contributed by atoms with E-state index in [0.717, 1.165) is 44.0 Å². The highest BCUT2D eigenvalue weighted by Gasteiger charge is 2.26.